The second-order valence-electron chi connectivity index (χ2n) is 16.9. The Morgan fingerprint density at radius 3 is 0.836 bits per heavy atom. The number of nitrogens with zero attached hydrogens (tertiary/aromatic N) is 1. The summed E-state index contributed by atoms with van der Waals surface area (Å²) in [6.45, 7) is 6.86. The molecule has 1 aromatic heterocycles. The summed E-state index contributed by atoms with van der Waals surface area (Å²) in [5, 5.41) is 13.3. The fourth-order valence-electron chi connectivity index (χ4n) is 9.50. The van der Waals surface area contributed by atoms with E-state index in [0.717, 1.165) is 0 Å². The summed E-state index contributed by atoms with van der Waals surface area (Å²) in [5.74, 6) is 0. The molecule has 3 heteroatoms. The first-order chi connectivity index (χ1) is 29.9. The molecule has 0 atom stereocenters. The van der Waals surface area contributed by atoms with E-state index in [1.54, 1.807) is 0 Å². The molecule has 9 aromatic carbocycles. The van der Waals surface area contributed by atoms with Crippen molar-refractivity contribution in [2.75, 3.05) is 0 Å². The summed E-state index contributed by atoms with van der Waals surface area (Å²) < 4.78 is 2.49. The van der Waals surface area contributed by atoms with Gasteiger partial charge >= 0.3 is 0 Å². The molecule has 294 valence electrons. The van der Waals surface area contributed by atoms with Gasteiger partial charge in [-0.1, -0.05) is 142 Å². The minimum Gasteiger partial charge on any atom is -0.309 e. The topological polar surface area (TPSA) is 4.93 Å². The number of aromatic nitrogens is 1. The quantitative estimate of drug-likeness (QED) is 0.128. The van der Waals surface area contributed by atoms with E-state index in [0.29, 0.717) is 0 Å². The lowest BCUT2D eigenvalue weighted by molar-refractivity contribution is 0.590. The van der Waals surface area contributed by atoms with Gasteiger partial charge in [-0.25, -0.2) is 0 Å². The van der Waals surface area contributed by atoms with Crippen LogP contribution in [-0.2, 0) is 5.41 Å². The Morgan fingerprint density at radius 1 is 0.295 bits per heavy atom. The van der Waals surface area contributed by atoms with Crippen LogP contribution >= 0.6 is 14.5 Å². The predicted molar refractivity (Wildman–Crippen MR) is 269 cm³/mol. The molecule has 10 rings (SSSR count). The fraction of sp³-hybridized carbons (Fsp3) is 0.0690. The van der Waals surface area contributed by atoms with E-state index in [1.807, 2.05) is 0 Å². The third kappa shape index (κ3) is 6.56. The van der Waals surface area contributed by atoms with Crippen LogP contribution in [-0.4, -0.2) is 4.57 Å². The van der Waals surface area contributed by atoms with Crippen LogP contribution in [0.1, 0.15) is 26.3 Å². The van der Waals surface area contributed by atoms with E-state index in [2.05, 4.69) is 268 Å². The summed E-state index contributed by atoms with van der Waals surface area (Å²) in [6, 6.07) is 91.4. The van der Waals surface area contributed by atoms with Gasteiger partial charge in [-0.15, -0.1) is 0 Å². The number of hydrogen-bond acceptors (Lipinski definition) is 0. The molecule has 0 bridgehead atoms. The van der Waals surface area contributed by atoms with Crippen molar-refractivity contribution in [1.82, 2.24) is 4.57 Å². The maximum absolute atomic E-state index is 2.55. The zero-order chi connectivity index (χ0) is 41.4. The minimum absolute atomic E-state index is 0.0574. The SMILES string of the molecule is CC(C)(C)c1ccc(-n2c3ccc([P+](c4ccccc4)(c4ccccc4)c4ccccc4)cc3c3cc([P+](c4ccccc4)(c4ccccc4)c4ccccc4)ccc32)cc1. The van der Waals surface area contributed by atoms with Crippen LogP contribution in [0, 0.1) is 0 Å². The number of fused-ring (bicyclic) bond motifs is 3. The van der Waals surface area contributed by atoms with Crippen molar-refractivity contribution < 1.29 is 0 Å². The lowest BCUT2D eigenvalue weighted by Gasteiger charge is -2.28. The largest absolute Gasteiger partial charge is 0.309 e. The zero-order valence-electron chi connectivity index (χ0n) is 34.9. The van der Waals surface area contributed by atoms with Gasteiger partial charge in [0, 0.05) is 16.5 Å². The van der Waals surface area contributed by atoms with Crippen LogP contribution in [0.25, 0.3) is 27.5 Å². The zero-order valence-corrected chi connectivity index (χ0v) is 36.7. The third-order valence-corrected chi connectivity index (χ3v) is 20.9. The predicted octanol–water partition coefficient (Wildman–Crippen LogP) is 11.3. The van der Waals surface area contributed by atoms with Crippen LogP contribution in [0.2, 0.25) is 0 Å². The van der Waals surface area contributed by atoms with Gasteiger partial charge in [-0.05, 0) is 132 Å². The summed E-state index contributed by atoms with van der Waals surface area (Å²) in [6.07, 6.45) is 0. The van der Waals surface area contributed by atoms with E-state index in [4.69, 9.17) is 0 Å². The summed E-state index contributed by atoms with van der Waals surface area (Å²) >= 11 is 0. The van der Waals surface area contributed by atoms with Gasteiger partial charge in [0.25, 0.3) is 0 Å². The molecule has 0 aliphatic heterocycles. The molecule has 1 nitrogen and oxygen atoms in total. The summed E-state index contributed by atoms with van der Waals surface area (Å²) in [7, 11) is -4.73. The molecule has 0 fully saturated rings. The van der Waals surface area contributed by atoms with Crippen LogP contribution in [0.15, 0.2) is 243 Å². The van der Waals surface area contributed by atoms with Crippen LogP contribution < -0.4 is 42.4 Å². The Kier molecular flexibility index (Phi) is 10.1. The molecular weight excluding hydrogens is 773 g/mol. The Hall–Kier alpha value is -6.36. The van der Waals surface area contributed by atoms with Crippen molar-refractivity contribution in [2.45, 2.75) is 26.2 Å². The minimum atomic E-state index is -2.37. The van der Waals surface area contributed by atoms with Crippen LogP contribution in [0.4, 0.5) is 0 Å². The first-order valence-corrected chi connectivity index (χ1v) is 24.8. The lowest BCUT2D eigenvalue weighted by Crippen LogP contribution is -2.38. The van der Waals surface area contributed by atoms with Gasteiger partial charge in [-0.3, -0.25) is 0 Å². The molecular formula is C58H49NP2+2. The Morgan fingerprint density at radius 2 is 0.574 bits per heavy atom. The molecule has 0 amide bonds. The van der Waals surface area contributed by atoms with Crippen molar-refractivity contribution in [3.63, 3.8) is 0 Å². The van der Waals surface area contributed by atoms with Crippen molar-refractivity contribution in [2.24, 2.45) is 0 Å². The van der Waals surface area contributed by atoms with Gasteiger partial charge in [0.15, 0.2) is 0 Å². The highest BCUT2D eigenvalue weighted by atomic mass is 31.2. The number of rotatable bonds is 9. The highest BCUT2D eigenvalue weighted by Crippen LogP contribution is 2.56. The van der Waals surface area contributed by atoms with Gasteiger partial charge in [-0.2, -0.15) is 0 Å². The molecule has 0 N–H and O–H groups in total. The molecule has 0 spiro atoms. The fourth-order valence-corrected chi connectivity index (χ4v) is 18.0. The number of benzene rings is 9. The molecule has 0 unspecified atom stereocenters. The van der Waals surface area contributed by atoms with E-state index in [1.165, 1.54) is 75.5 Å². The summed E-state index contributed by atoms with van der Waals surface area (Å²) in [4.78, 5) is 0. The molecule has 10 aromatic rings. The molecule has 0 saturated carbocycles. The Balaban J connectivity index is 1.33. The van der Waals surface area contributed by atoms with Crippen LogP contribution in [0.3, 0.4) is 0 Å². The van der Waals surface area contributed by atoms with Gasteiger partial charge < -0.3 is 4.57 Å². The maximum atomic E-state index is 2.55. The van der Waals surface area contributed by atoms with Gasteiger partial charge in [0.2, 0.25) is 0 Å². The van der Waals surface area contributed by atoms with E-state index in [9.17, 15) is 0 Å². The van der Waals surface area contributed by atoms with Crippen molar-refractivity contribution in [1.29, 1.82) is 0 Å². The normalized spacial score (nSPS) is 12.2. The second-order valence-corrected chi connectivity index (χ2v) is 23.7. The Labute approximate surface area is 361 Å². The molecule has 0 radical (unpaired) electrons. The second kappa shape index (κ2) is 15.9. The highest BCUT2D eigenvalue weighted by molar-refractivity contribution is 8.02. The Bertz CT molecular complexity index is 2690. The molecule has 0 aliphatic carbocycles. The smallest absolute Gasteiger partial charge is 0.144 e. The average Bonchev–Trinajstić information content (AvgIpc) is 3.65. The summed E-state index contributed by atoms with van der Waals surface area (Å²) in [5.41, 5.74) is 4.96. The lowest BCUT2D eigenvalue weighted by atomic mass is 9.87. The first-order valence-electron chi connectivity index (χ1n) is 21.2. The van der Waals surface area contributed by atoms with Crippen molar-refractivity contribution in [3.05, 3.63) is 248 Å². The van der Waals surface area contributed by atoms with E-state index >= 15 is 0 Å². The average molecular weight is 822 g/mol. The number of hydrogen-bond donors (Lipinski definition) is 0. The highest BCUT2D eigenvalue weighted by Gasteiger charge is 2.49. The van der Waals surface area contributed by atoms with Crippen molar-refractivity contribution in [3.8, 4) is 5.69 Å². The van der Waals surface area contributed by atoms with Gasteiger partial charge in [0.1, 0.15) is 57.0 Å². The molecule has 0 saturated heterocycles. The van der Waals surface area contributed by atoms with E-state index < -0.39 is 14.5 Å². The first kappa shape index (κ1) is 38.8. The van der Waals surface area contributed by atoms with Crippen molar-refractivity contribution >= 4 is 78.8 Å². The van der Waals surface area contributed by atoms with Gasteiger partial charge in [0.05, 0.1) is 11.0 Å². The third-order valence-electron chi connectivity index (χ3n) is 12.4. The molecule has 61 heavy (non-hydrogen) atoms. The standard InChI is InChI=1S/C58H49NP2/c1-58(2,3)44-34-36-45(37-35-44)59-56-40-38-52(60(46-22-10-4-11-23-46,47-24-12-5-13-25-47)48-26-14-6-15-27-48)42-54(56)55-43-53(39-41-57(55)59)61(49-28-16-7-17-29-49,50-30-18-8-19-31-50)51-32-20-9-21-33-51/h4-43H,1-3H3/q+2. The maximum Gasteiger partial charge on any atom is 0.144 e. The van der Waals surface area contributed by atoms with Crippen LogP contribution in [0.5, 0.6) is 0 Å². The molecule has 1 heterocycles. The van der Waals surface area contributed by atoms with E-state index in [-0.39, 0.29) is 5.41 Å². The molecule has 0 aliphatic rings. The monoisotopic (exact) mass is 821 g/mol.